The molecule has 2 N–H and O–H groups in total. The van der Waals surface area contributed by atoms with Crippen LogP contribution in [0.25, 0.3) is 0 Å². The number of alkyl halides is 3. The Morgan fingerprint density at radius 3 is 2.56 bits per heavy atom. The number of nitrogens with two attached hydrogens (primary N) is 1. The standard InChI is InChI=1S/C11H8BrF3N2O/c12-8-2-1-6(3-7(5-16)10(17)18)9(4-8)11(13,14)15/h1-2,4,7H,3H2,(H2,17,18)/t7-/m0/s1. The lowest BCUT2D eigenvalue weighted by molar-refractivity contribution is -0.138. The minimum absolute atomic E-state index is 0.129. The van der Waals surface area contributed by atoms with Crippen LogP contribution in [0, 0.1) is 17.2 Å². The molecular formula is C11H8BrF3N2O. The molecule has 0 unspecified atom stereocenters. The van der Waals surface area contributed by atoms with Crippen LogP contribution in [0.4, 0.5) is 13.2 Å². The number of benzene rings is 1. The number of nitrogens with zero attached hydrogens (tertiary/aromatic N) is 1. The molecule has 0 saturated heterocycles. The summed E-state index contributed by atoms with van der Waals surface area (Å²) in [6, 6.07) is 5.14. The first-order chi connectivity index (χ1) is 8.25. The molecule has 0 saturated carbocycles. The van der Waals surface area contributed by atoms with E-state index in [1.165, 1.54) is 12.1 Å². The highest BCUT2D eigenvalue weighted by Crippen LogP contribution is 2.34. The molecule has 0 aliphatic rings. The van der Waals surface area contributed by atoms with Gasteiger partial charge in [-0.1, -0.05) is 22.0 Å². The van der Waals surface area contributed by atoms with Gasteiger partial charge in [-0.2, -0.15) is 18.4 Å². The maximum absolute atomic E-state index is 12.8. The van der Waals surface area contributed by atoms with E-state index in [2.05, 4.69) is 15.9 Å². The first-order valence-electron chi connectivity index (χ1n) is 4.80. The molecule has 0 spiro atoms. The van der Waals surface area contributed by atoms with Gasteiger partial charge < -0.3 is 5.73 Å². The van der Waals surface area contributed by atoms with Gasteiger partial charge in [-0.15, -0.1) is 0 Å². The van der Waals surface area contributed by atoms with Gasteiger partial charge in [0.05, 0.1) is 11.6 Å². The van der Waals surface area contributed by atoms with E-state index in [9.17, 15) is 18.0 Å². The maximum atomic E-state index is 12.8. The van der Waals surface area contributed by atoms with Crippen molar-refractivity contribution in [2.24, 2.45) is 11.7 Å². The fourth-order valence-electron chi connectivity index (χ4n) is 1.42. The molecule has 3 nitrogen and oxygen atoms in total. The average Bonchev–Trinajstić information content (AvgIpc) is 2.25. The van der Waals surface area contributed by atoms with Gasteiger partial charge in [0.1, 0.15) is 5.92 Å². The molecule has 1 aromatic carbocycles. The smallest absolute Gasteiger partial charge is 0.369 e. The fraction of sp³-hybridized carbons (Fsp3) is 0.273. The minimum Gasteiger partial charge on any atom is -0.369 e. The van der Waals surface area contributed by atoms with E-state index in [-0.39, 0.29) is 16.5 Å². The molecule has 0 bridgehead atoms. The molecule has 0 heterocycles. The van der Waals surface area contributed by atoms with Crippen LogP contribution in [0.15, 0.2) is 22.7 Å². The van der Waals surface area contributed by atoms with Crippen LogP contribution in [0.2, 0.25) is 0 Å². The van der Waals surface area contributed by atoms with Gasteiger partial charge >= 0.3 is 6.18 Å². The molecule has 1 rings (SSSR count). The first-order valence-corrected chi connectivity index (χ1v) is 5.59. The molecule has 0 fully saturated rings. The number of carbonyl (C=O) groups excluding carboxylic acids is 1. The molecule has 18 heavy (non-hydrogen) atoms. The molecule has 1 aromatic rings. The molecule has 7 heteroatoms. The normalized spacial score (nSPS) is 12.8. The zero-order valence-electron chi connectivity index (χ0n) is 8.96. The Kier molecular flexibility index (Phi) is 4.35. The zero-order valence-corrected chi connectivity index (χ0v) is 10.5. The van der Waals surface area contributed by atoms with Crippen molar-refractivity contribution in [2.75, 3.05) is 0 Å². The van der Waals surface area contributed by atoms with E-state index in [0.29, 0.717) is 0 Å². The van der Waals surface area contributed by atoms with Gasteiger partial charge in [-0.05, 0) is 24.1 Å². The van der Waals surface area contributed by atoms with E-state index in [4.69, 9.17) is 11.0 Å². The Hall–Kier alpha value is -1.55. The number of primary amides is 1. The third-order valence-electron chi connectivity index (χ3n) is 2.30. The summed E-state index contributed by atoms with van der Waals surface area (Å²) in [5.74, 6) is -2.21. The molecular weight excluding hydrogens is 313 g/mol. The van der Waals surface area contributed by atoms with E-state index >= 15 is 0 Å². The second kappa shape index (κ2) is 5.40. The number of nitriles is 1. The highest BCUT2D eigenvalue weighted by Gasteiger charge is 2.34. The van der Waals surface area contributed by atoms with E-state index in [1.54, 1.807) is 6.07 Å². The van der Waals surface area contributed by atoms with Crippen molar-refractivity contribution in [1.82, 2.24) is 0 Å². The largest absolute Gasteiger partial charge is 0.416 e. The summed E-state index contributed by atoms with van der Waals surface area (Å²) in [4.78, 5) is 10.9. The second-order valence-corrected chi connectivity index (χ2v) is 4.50. The highest BCUT2D eigenvalue weighted by molar-refractivity contribution is 9.10. The number of hydrogen-bond acceptors (Lipinski definition) is 2. The van der Waals surface area contributed by atoms with Crippen molar-refractivity contribution in [3.8, 4) is 6.07 Å². The van der Waals surface area contributed by atoms with Crippen LogP contribution < -0.4 is 5.73 Å². The van der Waals surface area contributed by atoms with Crippen molar-refractivity contribution in [3.63, 3.8) is 0 Å². The molecule has 0 aliphatic carbocycles. The summed E-state index contributed by atoms with van der Waals surface area (Å²) in [5.41, 5.74) is 3.93. The van der Waals surface area contributed by atoms with Crippen LogP contribution in [0.1, 0.15) is 11.1 Å². The number of hydrogen-bond donors (Lipinski definition) is 1. The van der Waals surface area contributed by atoms with Crippen molar-refractivity contribution >= 4 is 21.8 Å². The van der Waals surface area contributed by atoms with Gasteiger partial charge in [0.2, 0.25) is 5.91 Å². The Bertz CT molecular complexity index is 508. The quantitative estimate of drug-likeness (QED) is 0.930. The highest BCUT2D eigenvalue weighted by atomic mass is 79.9. The van der Waals surface area contributed by atoms with Crippen LogP contribution in [0.3, 0.4) is 0 Å². The van der Waals surface area contributed by atoms with Crippen molar-refractivity contribution in [1.29, 1.82) is 5.26 Å². The van der Waals surface area contributed by atoms with Gasteiger partial charge in [0.25, 0.3) is 0 Å². The Labute approximate surface area is 110 Å². The lowest BCUT2D eigenvalue weighted by atomic mass is 9.96. The fourth-order valence-corrected chi connectivity index (χ4v) is 1.78. The van der Waals surface area contributed by atoms with Gasteiger partial charge in [-0.25, -0.2) is 0 Å². The SMILES string of the molecule is N#C[C@H](Cc1ccc(Br)cc1C(F)(F)F)C(N)=O. The third-order valence-corrected chi connectivity index (χ3v) is 2.79. The zero-order chi connectivity index (χ0) is 13.9. The lowest BCUT2D eigenvalue weighted by Gasteiger charge is -2.14. The summed E-state index contributed by atoms with van der Waals surface area (Å²) in [6.07, 6.45) is -4.90. The second-order valence-electron chi connectivity index (χ2n) is 3.59. The van der Waals surface area contributed by atoms with Crippen LogP contribution in [-0.4, -0.2) is 5.91 Å². The summed E-state index contributed by atoms with van der Waals surface area (Å²) >= 11 is 2.94. The molecule has 1 amide bonds. The van der Waals surface area contributed by atoms with Crippen LogP contribution >= 0.6 is 15.9 Å². The summed E-state index contributed by atoms with van der Waals surface area (Å²) < 4.78 is 38.6. The van der Waals surface area contributed by atoms with Gasteiger partial charge in [0.15, 0.2) is 0 Å². The molecule has 0 radical (unpaired) electrons. The average molecular weight is 321 g/mol. The summed E-state index contributed by atoms with van der Waals surface area (Å²) in [5, 5.41) is 8.66. The Balaban J connectivity index is 3.18. The monoisotopic (exact) mass is 320 g/mol. The summed E-state index contributed by atoms with van der Waals surface area (Å²) in [7, 11) is 0. The molecule has 96 valence electrons. The number of amides is 1. The minimum atomic E-state index is -4.54. The van der Waals surface area contributed by atoms with E-state index in [1.807, 2.05) is 0 Å². The molecule has 1 atom stereocenters. The van der Waals surface area contributed by atoms with Gasteiger partial charge in [0, 0.05) is 4.47 Å². The number of carbonyl (C=O) groups is 1. The molecule has 0 aromatic heterocycles. The van der Waals surface area contributed by atoms with Gasteiger partial charge in [-0.3, -0.25) is 4.79 Å². The Morgan fingerprint density at radius 2 is 2.11 bits per heavy atom. The predicted octanol–water partition coefficient (Wildman–Crippen LogP) is 2.64. The van der Waals surface area contributed by atoms with Crippen molar-refractivity contribution in [2.45, 2.75) is 12.6 Å². The van der Waals surface area contributed by atoms with Crippen LogP contribution in [-0.2, 0) is 17.4 Å². The Morgan fingerprint density at radius 1 is 1.50 bits per heavy atom. The number of halogens is 4. The third kappa shape index (κ3) is 3.47. The first kappa shape index (κ1) is 14.5. The van der Waals surface area contributed by atoms with E-state index < -0.39 is 23.6 Å². The maximum Gasteiger partial charge on any atom is 0.416 e. The van der Waals surface area contributed by atoms with Crippen LogP contribution in [0.5, 0.6) is 0 Å². The topological polar surface area (TPSA) is 66.9 Å². The summed E-state index contributed by atoms with van der Waals surface area (Å²) in [6.45, 7) is 0. The predicted molar refractivity (Wildman–Crippen MR) is 61.1 cm³/mol. The molecule has 0 aliphatic heterocycles. The van der Waals surface area contributed by atoms with Crippen molar-refractivity contribution in [3.05, 3.63) is 33.8 Å². The number of rotatable bonds is 3. The van der Waals surface area contributed by atoms with Crippen molar-refractivity contribution < 1.29 is 18.0 Å². The lowest BCUT2D eigenvalue weighted by Crippen LogP contribution is -2.24. The van der Waals surface area contributed by atoms with E-state index in [0.717, 1.165) is 6.07 Å².